The lowest BCUT2D eigenvalue weighted by molar-refractivity contribution is 0.678. The maximum absolute atomic E-state index is 4.32. The van der Waals surface area contributed by atoms with Gasteiger partial charge < -0.3 is 4.90 Å². The third-order valence-electron chi connectivity index (χ3n) is 3.81. The highest BCUT2D eigenvalue weighted by molar-refractivity contribution is 7.13. The lowest BCUT2D eigenvalue weighted by Crippen LogP contribution is -2.25. The standard InChI is InChI=1S/C19H28N4S/c1-4-6-12-23(13-7-5-2)18-10-8-17(9-11-18)14-20-22-19-21-16(3)15-24-19/h8-11,14-15H,4-7,12-13H2,1-3H3,(H,21,22). The van der Waals surface area contributed by atoms with E-state index in [4.69, 9.17) is 0 Å². The van der Waals surface area contributed by atoms with E-state index in [1.807, 2.05) is 18.5 Å². The zero-order chi connectivity index (χ0) is 17.2. The van der Waals surface area contributed by atoms with Crippen LogP contribution in [0.5, 0.6) is 0 Å². The van der Waals surface area contributed by atoms with E-state index in [1.54, 1.807) is 11.3 Å². The molecule has 24 heavy (non-hydrogen) atoms. The van der Waals surface area contributed by atoms with Gasteiger partial charge in [-0.05, 0) is 37.5 Å². The van der Waals surface area contributed by atoms with Gasteiger partial charge in [0.2, 0.25) is 5.13 Å². The number of unbranched alkanes of at least 4 members (excludes halogenated alkanes) is 2. The molecule has 0 atom stereocenters. The van der Waals surface area contributed by atoms with Gasteiger partial charge in [-0.25, -0.2) is 4.98 Å². The first-order chi connectivity index (χ1) is 11.7. The molecule has 0 radical (unpaired) electrons. The highest BCUT2D eigenvalue weighted by atomic mass is 32.1. The van der Waals surface area contributed by atoms with Gasteiger partial charge in [0.15, 0.2) is 0 Å². The van der Waals surface area contributed by atoms with E-state index in [1.165, 1.54) is 31.4 Å². The molecule has 130 valence electrons. The molecular formula is C19H28N4S. The van der Waals surface area contributed by atoms with E-state index in [2.05, 4.69) is 58.5 Å². The number of aryl methyl sites for hydroxylation is 1. The molecule has 1 aromatic heterocycles. The Hall–Kier alpha value is -1.88. The van der Waals surface area contributed by atoms with Crippen LogP contribution in [-0.4, -0.2) is 24.3 Å². The fraction of sp³-hybridized carbons (Fsp3) is 0.474. The number of aromatic nitrogens is 1. The molecule has 0 unspecified atom stereocenters. The number of anilines is 2. The number of nitrogens with zero attached hydrogens (tertiary/aromatic N) is 3. The Morgan fingerprint density at radius 1 is 1.12 bits per heavy atom. The number of nitrogens with one attached hydrogen (secondary N) is 1. The normalized spacial score (nSPS) is 11.1. The van der Waals surface area contributed by atoms with Crippen LogP contribution in [0, 0.1) is 6.92 Å². The van der Waals surface area contributed by atoms with Crippen LogP contribution >= 0.6 is 11.3 Å². The van der Waals surface area contributed by atoms with E-state index in [0.29, 0.717) is 0 Å². The molecule has 0 bridgehead atoms. The largest absolute Gasteiger partial charge is 0.372 e. The number of rotatable bonds is 10. The zero-order valence-electron chi connectivity index (χ0n) is 15.0. The van der Waals surface area contributed by atoms with Crippen LogP contribution in [-0.2, 0) is 0 Å². The van der Waals surface area contributed by atoms with Gasteiger partial charge in [-0.15, -0.1) is 11.3 Å². The Morgan fingerprint density at radius 2 is 1.79 bits per heavy atom. The summed E-state index contributed by atoms with van der Waals surface area (Å²) in [5.41, 5.74) is 6.38. The van der Waals surface area contributed by atoms with Gasteiger partial charge in [-0.3, -0.25) is 5.43 Å². The molecular weight excluding hydrogens is 316 g/mol. The number of thiazole rings is 1. The first kappa shape index (κ1) is 18.5. The Labute approximate surface area is 149 Å². The highest BCUT2D eigenvalue weighted by Gasteiger charge is 2.05. The second-order valence-corrected chi connectivity index (χ2v) is 6.81. The maximum atomic E-state index is 4.32. The van der Waals surface area contributed by atoms with Gasteiger partial charge in [0.1, 0.15) is 0 Å². The van der Waals surface area contributed by atoms with Crippen LogP contribution in [0.1, 0.15) is 50.8 Å². The minimum absolute atomic E-state index is 0.825. The molecule has 2 rings (SSSR count). The Balaban J connectivity index is 1.94. The lowest BCUT2D eigenvalue weighted by atomic mass is 10.2. The molecule has 1 heterocycles. The SMILES string of the molecule is CCCCN(CCCC)c1ccc(C=NNc2nc(C)cs2)cc1. The molecule has 0 saturated heterocycles. The highest BCUT2D eigenvalue weighted by Crippen LogP contribution is 2.17. The van der Waals surface area contributed by atoms with Crippen molar-refractivity contribution in [1.82, 2.24) is 4.98 Å². The van der Waals surface area contributed by atoms with Crippen LogP contribution in [0.2, 0.25) is 0 Å². The summed E-state index contributed by atoms with van der Waals surface area (Å²) < 4.78 is 0. The van der Waals surface area contributed by atoms with E-state index >= 15 is 0 Å². The molecule has 4 nitrogen and oxygen atoms in total. The molecule has 1 aromatic carbocycles. The monoisotopic (exact) mass is 344 g/mol. The molecule has 0 aliphatic carbocycles. The summed E-state index contributed by atoms with van der Waals surface area (Å²) in [5, 5.41) is 7.09. The molecule has 0 saturated carbocycles. The van der Waals surface area contributed by atoms with Gasteiger partial charge in [0.05, 0.1) is 11.9 Å². The van der Waals surface area contributed by atoms with Crippen LogP contribution < -0.4 is 10.3 Å². The predicted octanol–water partition coefficient (Wildman–Crippen LogP) is 5.30. The second kappa shape index (κ2) is 10.1. The molecule has 0 fully saturated rings. The average molecular weight is 345 g/mol. The molecule has 0 amide bonds. The van der Waals surface area contributed by atoms with Crippen LogP contribution in [0.4, 0.5) is 10.8 Å². The van der Waals surface area contributed by atoms with Gasteiger partial charge in [-0.1, -0.05) is 38.8 Å². The fourth-order valence-corrected chi connectivity index (χ4v) is 3.04. The first-order valence-electron chi connectivity index (χ1n) is 8.79. The second-order valence-electron chi connectivity index (χ2n) is 5.95. The van der Waals surface area contributed by atoms with Crippen molar-refractivity contribution in [1.29, 1.82) is 0 Å². The minimum atomic E-state index is 0.825. The summed E-state index contributed by atoms with van der Waals surface area (Å²) in [6.45, 7) is 8.74. The number of hydrogen-bond donors (Lipinski definition) is 1. The van der Waals surface area contributed by atoms with Crippen molar-refractivity contribution in [2.45, 2.75) is 46.5 Å². The summed E-state index contributed by atoms with van der Waals surface area (Å²) in [5.74, 6) is 0. The number of benzene rings is 1. The fourth-order valence-electron chi connectivity index (χ4n) is 2.41. The Kier molecular flexibility index (Phi) is 7.75. The van der Waals surface area contributed by atoms with Crippen LogP contribution in [0.25, 0.3) is 0 Å². The topological polar surface area (TPSA) is 40.5 Å². The van der Waals surface area contributed by atoms with Crippen molar-refractivity contribution >= 4 is 28.4 Å². The van der Waals surface area contributed by atoms with Crippen molar-refractivity contribution in [3.8, 4) is 0 Å². The smallest absolute Gasteiger partial charge is 0.203 e. The van der Waals surface area contributed by atoms with Gasteiger partial charge in [0.25, 0.3) is 0 Å². The van der Waals surface area contributed by atoms with Gasteiger partial charge >= 0.3 is 0 Å². The molecule has 2 aromatic rings. The minimum Gasteiger partial charge on any atom is -0.372 e. The quantitative estimate of drug-likeness (QED) is 0.469. The Morgan fingerprint density at radius 3 is 2.33 bits per heavy atom. The zero-order valence-corrected chi connectivity index (χ0v) is 15.8. The van der Waals surface area contributed by atoms with E-state index < -0.39 is 0 Å². The van der Waals surface area contributed by atoms with E-state index in [9.17, 15) is 0 Å². The Bertz CT molecular complexity index is 611. The molecule has 0 spiro atoms. The third-order valence-corrected chi connectivity index (χ3v) is 4.68. The van der Waals surface area contributed by atoms with Crippen LogP contribution in [0.15, 0.2) is 34.7 Å². The maximum Gasteiger partial charge on any atom is 0.203 e. The van der Waals surface area contributed by atoms with Crippen molar-refractivity contribution in [3.05, 3.63) is 40.9 Å². The predicted molar refractivity (Wildman–Crippen MR) is 107 cm³/mol. The summed E-state index contributed by atoms with van der Waals surface area (Å²) in [6.07, 6.45) is 6.78. The van der Waals surface area contributed by atoms with Crippen molar-refractivity contribution in [2.75, 3.05) is 23.4 Å². The van der Waals surface area contributed by atoms with Crippen molar-refractivity contribution in [3.63, 3.8) is 0 Å². The summed E-state index contributed by atoms with van der Waals surface area (Å²) in [4.78, 5) is 6.81. The number of hydrogen-bond acceptors (Lipinski definition) is 5. The van der Waals surface area contributed by atoms with Gasteiger partial charge in [0, 0.05) is 24.2 Å². The summed E-state index contributed by atoms with van der Waals surface area (Å²) in [7, 11) is 0. The molecule has 0 aliphatic heterocycles. The average Bonchev–Trinajstić information content (AvgIpc) is 3.01. The van der Waals surface area contributed by atoms with E-state index in [0.717, 1.165) is 29.5 Å². The first-order valence-corrected chi connectivity index (χ1v) is 9.67. The molecule has 1 N–H and O–H groups in total. The van der Waals surface area contributed by atoms with E-state index in [-0.39, 0.29) is 0 Å². The third kappa shape index (κ3) is 5.96. The summed E-state index contributed by atoms with van der Waals surface area (Å²) in [6, 6.07) is 8.64. The number of hydrazone groups is 1. The lowest BCUT2D eigenvalue weighted by Gasteiger charge is -2.24. The molecule has 0 aliphatic rings. The van der Waals surface area contributed by atoms with Gasteiger partial charge in [-0.2, -0.15) is 5.10 Å². The van der Waals surface area contributed by atoms with Crippen LogP contribution in [0.3, 0.4) is 0 Å². The van der Waals surface area contributed by atoms with Crippen molar-refractivity contribution in [2.24, 2.45) is 5.10 Å². The molecule has 5 heteroatoms. The summed E-state index contributed by atoms with van der Waals surface area (Å²) >= 11 is 1.56. The van der Waals surface area contributed by atoms with Crippen molar-refractivity contribution < 1.29 is 0 Å².